The molecule has 0 aromatic carbocycles. The van der Waals surface area contributed by atoms with Gasteiger partial charge < -0.3 is 9.84 Å². The number of hydrogen-bond acceptors (Lipinski definition) is 3. The number of aliphatic hydroxyl groups is 1. The molecule has 0 atom stereocenters. The third kappa shape index (κ3) is 3.19. The van der Waals surface area contributed by atoms with Crippen LogP contribution >= 0.6 is 15.9 Å². The molecule has 1 heterocycles. The minimum Gasteiger partial charge on any atom is -0.492 e. The molecule has 0 aliphatic carbocycles. The molecule has 1 rings (SSSR count). The average Bonchev–Trinajstić information content (AvgIpc) is 2.09. The van der Waals surface area contributed by atoms with Crippen LogP contribution in [0.2, 0.25) is 0 Å². The Hall–Kier alpha value is -0.610. The van der Waals surface area contributed by atoms with Gasteiger partial charge in [-0.25, -0.2) is 4.98 Å². The van der Waals surface area contributed by atoms with E-state index in [1.165, 1.54) is 0 Å². The van der Waals surface area contributed by atoms with Crippen LogP contribution in [0.25, 0.3) is 0 Å². The Morgan fingerprint density at radius 1 is 1.50 bits per heavy atom. The van der Waals surface area contributed by atoms with Crippen LogP contribution < -0.4 is 4.74 Å². The van der Waals surface area contributed by atoms with Gasteiger partial charge in [0.25, 0.3) is 0 Å². The van der Waals surface area contributed by atoms with Gasteiger partial charge in [0.15, 0.2) is 0 Å². The highest BCUT2D eigenvalue weighted by Crippen LogP contribution is 2.12. The highest BCUT2D eigenvalue weighted by molar-refractivity contribution is 9.10. The summed E-state index contributed by atoms with van der Waals surface area (Å²) in [5, 5.41) is 8.49. The maximum atomic E-state index is 8.49. The van der Waals surface area contributed by atoms with Gasteiger partial charge in [-0.3, -0.25) is 0 Å². The van der Waals surface area contributed by atoms with Gasteiger partial charge in [0.05, 0.1) is 12.8 Å². The monoisotopic (exact) mass is 231 g/mol. The first-order valence-corrected chi connectivity index (χ1v) is 4.47. The van der Waals surface area contributed by atoms with E-state index in [2.05, 4.69) is 20.9 Å². The Labute approximate surface area is 79.5 Å². The van der Waals surface area contributed by atoms with E-state index in [1.54, 1.807) is 6.20 Å². The molecule has 66 valence electrons. The molecule has 12 heavy (non-hydrogen) atoms. The molecule has 0 saturated heterocycles. The first kappa shape index (κ1) is 9.48. The van der Waals surface area contributed by atoms with Crippen molar-refractivity contribution in [2.75, 3.05) is 13.2 Å². The zero-order valence-corrected chi connectivity index (χ0v) is 8.12. The first-order chi connectivity index (χ1) is 5.83. The fourth-order valence-electron chi connectivity index (χ4n) is 0.702. The number of aromatic nitrogens is 1. The molecule has 3 nitrogen and oxygen atoms in total. The van der Waals surface area contributed by atoms with E-state index < -0.39 is 0 Å². The molecule has 0 saturated carbocycles. The van der Waals surface area contributed by atoms with Gasteiger partial charge in [0.1, 0.15) is 10.4 Å². The molecule has 0 unspecified atom stereocenters. The predicted molar refractivity (Wildman–Crippen MR) is 49.1 cm³/mol. The van der Waals surface area contributed by atoms with Crippen LogP contribution in [-0.2, 0) is 0 Å². The van der Waals surface area contributed by atoms with Crippen molar-refractivity contribution < 1.29 is 9.84 Å². The maximum absolute atomic E-state index is 8.49. The third-order valence-electron chi connectivity index (χ3n) is 1.27. The van der Waals surface area contributed by atoms with Gasteiger partial charge in [-0.1, -0.05) is 0 Å². The lowest BCUT2D eigenvalue weighted by atomic mass is 10.4. The van der Waals surface area contributed by atoms with Crippen molar-refractivity contribution in [2.24, 2.45) is 0 Å². The Morgan fingerprint density at radius 3 is 2.92 bits per heavy atom. The van der Waals surface area contributed by atoms with Crippen molar-refractivity contribution in [1.29, 1.82) is 0 Å². The molecule has 1 aromatic rings. The lowest BCUT2D eigenvalue weighted by molar-refractivity contribution is 0.233. The SMILES string of the molecule is OCCCOc1ccc(Br)nc1. The van der Waals surface area contributed by atoms with Crippen LogP contribution in [0.1, 0.15) is 6.42 Å². The van der Waals surface area contributed by atoms with Gasteiger partial charge in [0.2, 0.25) is 0 Å². The summed E-state index contributed by atoms with van der Waals surface area (Å²) in [6.07, 6.45) is 2.29. The molecule has 0 fully saturated rings. The third-order valence-corrected chi connectivity index (χ3v) is 1.74. The van der Waals surface area contributed by atoms with Crippen molar-refractivity contribution in [3.63, 3.8) is 0 Å². The largest absolute Gasteiger partial charge is 0.492 e. The summed E-state index contributed by atoms with van der Waals surface area (Å²) in [6, 6.07) is 3.64. The molecule has 0 bridgehead atoms. The second-order valence-electron chi connectivity index (χ2n) is 2.24. The summed E-state index contributed by atoms with van der Waals surface area (Å²) in [5.74, 6) is 0.728. The van der Waals surface area contributed by atoms with Gasteiger partial charge in [-0.2, -0.15) is 0 Å². The van der Waals surface area contributed by atoms with Crippen molar-refractivity contribution in [3.8, 4) is 5.75 Å². The second kappa shape index (κ2) is 5.11. The quantitative estimate of drug-likeness (QED) is 0.633. The van der Waals surface area contributed by atoms with Crippen LogP contribution in [0.3, 0.4) is 0 Å². The van der Waals surface area contributed by atoms with E-state index in [9.17, 15) is 0 Å². The van der Waals surface area contributed by atoms with Crippen LogP contribution in [0, 0.1) is 0 Å². The van der Waals surface area contributed by atoms with E-state index in [4.69, 9.17) is 9.84 Å². The normalized spacial score (nSPS) is 9.83. The van der Waals surface area contributed by atoms with E-state index in [0.29, 0.717) is 13.0 Å². The fraction of sp³-hybridized carbons (Fsp3) is 0.375. The Balaban J connectivity index is 2.37. The smallest absolute Gasteiger partial charge is 0.137 e. The summed E-state index contributed by atoms with van der Waals surface area (Å²) in [5.41, 5.74) is 0. The Bertz CT molecular complexity index is 225. The lowest BCUT2D eigenvalue weighted by Gasteiger charge is -2.03. The number of halogens is 1. The highest BCUT2D eigenvalue weighted by Gasteiger charge is 1.93. The van der Waals surface area contributed by atoms with Crippen LogP contribution in [0.5, 0.6) is 5.75 Å². The summed E-state index contributed by atoms with van der Waals surface area (Å²) in [4.78, 5) is 3.99. The van der Waals surface area contributed by atoms with Crippen molar-refractivity contribution in [1.82, 2.24) is 4.98 Å². The van der Waals surface area contributed by atoms with Crippen LogP contribution in [0.15, 0.2) is 22.9 Å². The predicted octanol–water partition coefficient (Wildman–Crippen LogP) is 1.61. The van der Waals surface area contributed by atoms with Gasteiger partial charge in [0, 0.05) is 13.0 Å². The van der Waals surface area contributed by atoms with E-state index in [-0.39, 0.29) is 6.61 Å². The second-order valence-corrected chi connectivity index (χ2v) is 3.05. The first-order valence-electron chi connectivity index (χ1n) is 3.68. The van der Waals surface area contributed by atoms with E-state index in [0.717, 1.165) is 10.4 Å². The summed E-state index contributed by atoms with van der Waals surface area (Å²) in [7, 11) is 0. The average molecular weight is 232 g/mol. The number of aliphatic hydroxyl groups excluding tert-OH is 1. The number of nitrogens with zero attached hydrogens (tertiary/aromatic N) is 1. The Kier molecular flexibility index (Phi) is 4.04. The van der Waals surface area contributed by atoms with Crippen LogP contribution in [-0.4, -0.2) is 23.3 Å². The molecule has 1 aromatic heterocycles. The number of pyridine rings is 1. The molecule has 4 heteroatoms. The molecule has 1 N–H and O–H groups in total. The molecule has 0 amide bonds. The van der Waals surface area contributed by atoms with Gasteiger partial charge in [-0.15, -0.1) is 0 Å². The minimum atomic E-state index is 0.157. The van der Waals surface area contributed by atoms with Gasteiger partial charge in [-0.05, 0) is 28.1 Å². The van der Waals surface area contributed by atoms with E-state index >= 15 is 0 Å². The molecule has 0 spiro atoms. The summed E-state index contributed by atoms with van der Waals surface area (Å²) in [6.45, 7) is 0.684. The van der Waals surface area contributed by atoms with Crippen LogP contribution in [0.4, 0.5) is 0 Å². The standard InChI is InChI=1S/C8H10BrNO2/c9-8-3-2-7(6-10-8)12-5-1-4-11/h2-3,6,11H,1,4-5H2. The van der Waals surface area contributed by atoms with Crippen molar-refractivity contribution in [2.45, 2.75) is 6.42 Å². The van der Waals surface area contributed by atoms with Crippen molar-refractivity contribution in [3.05, 3.63) is 22.9 Å². The topological polar surface area (TPSA) is 42.4 Å². The summed E-state index contributed by atoms with van der Waals surface area (Å²) >= 11 is 3.22. The summed E-state index contributed by atoms with van der Waals surface area (Å²) < 4.78 is 6.05. The number of rotatable bonds is 4. The molecule has 0 aliphatic rings. The number of ether oxygens (including phenoxy) is 1. The lowest BCUT2D eigenvalue weighted by Crippen LogP contribution is -1.99. The molecule has 0 radical (unpaired) electrons. The highest BCUT2D eigenvalue weighted by atomic mass is 79.9. The van der Waals surface area contributed by atoms with E-state index in [1.807, 2.05) is 12.1 Å². The molecular weight excluding hydrogens is 222 g/mol. The minimum absolute atomic E-state index is 0.157. The zero-order chi connectivity index (χ0) is 8.81. The number of hydrogen-bond donors (Lipinski definition) is 1. The molecular formula is C8H10BrNO2. The Morgan fingerprint density at radius 2 is 2.33 bits per heavy atom. The fourth-order valence-corrected chi connectivity index (χ4v) is 0.937. The zero-order valence-electron chi connectivity index (χ0n) is 6.53. The van der Waals surface area contributed by atoms with Gasteiger partial charge >= 0.3 is 0 Å². The molecule has 0 aliphatic heterocycles. The maximum Gasteiger partial charge on any atom is 0.137 e. The van der Waals surface area contributed by atoms with Crippen molar-refractivity contribution >= 4 is 15.9 Å².